The highest BCUT2D eigenvalue weighted by molar-refractivity contribution is 5.81. The minimum atomic E-state index is -0.500. The topological polar surface area (TPSA) is 67.6 Å². The molecule has 0 spiro atoms. The number of hydrogen-bond donors (Lipinski definition) is 2. The second kappa shape index (κ2) is 7.11. The average Bonchev–Trinajstić information content (AvgIpc) is 2.38. The molecule has 5 heteroatoms. The Bertz CT molecular complexity index is 419. The van der Waals surface area contributed by atoms with E-state index in [2.05, 4.69) is 5.32 Å². The molecule has 0 aromatic heterocycles. The number of nitrogens with one attached hydrogen (secondary N) is 1. The summed E-state index contributed by atoms with van der Waals surface area (Å²) in [6, 6.07) is 7.34. The van der Waals surface area contributed by atoms with Crippen LogP contribution in [-0.4, -0.2) is 44.6 Å². The fourth-order valence-corrected chi connectivity index (χ4v) is 1.87. The van der Waals surface area contributed by atoms with Crippen molar-refractivity contribution in [3.63, 3.8) is 0 Å². The first-order valence-corrected chi connectivity index (χ1v) is 6.30. The summed E-state index contributed by atoms with van der Waals surface area (Å²) in [6.07, 6.45) is 0. The van der Waals surface area contributed by atoms with E-state index in [0.29, 0.717) is 6.54 Å². The van der Waals surface area contributed by atoms with Crippen molar-refractivity contribution >= 4 is 5.91 Å². The maximum atomic E-state index is 11.6. The summed E-state index contributed by atoms with van der Waals surface area (Å²) < 4.78 is 5.37. The lowest BCUT2D eigenvalue weighted by Gasteiger charge is -2.26. The summed E-state index contributed by atoms with van der Waals surface area (Å²) in [7, 11) is 5.58. The van der Waals surface area contributed by atoms with E-state index in [1.54, 1.807) is 14.0 Å². The van der Waals surface area contributed by atoms with Crippen molar-refractivity contribution in [2.45, 2.75) is 19.0 Å². The summed E-state index contributed by atoms with van der Waals surface area (Å²) in [5, 5.41) is 2.85. The van der Waals surface area contributed by atoms with E-state index >= 15 is 0 Å². The first kappa shape index (κ1) is 15.5. The number of benzene rings is 1. The van der Waals surface area contributed by atoms with Crippen LogP contribution in [0.4, 0.5) is 0 Å². The van der Waals surface area contributed by atoms with Crippen molar-refractivity contribution in [2.24, 2.45) is 5.73 Å². The number of carbonyl (C=O) groups excluding carboxylic acids is 1. The van der Waals surface area contributed by atoms with Crippen molar-refractivity contribution in [2.75, 3.05) is 27.7 Å². The lowest BCUT2D eigenvalue weighted by atomic mass is 10.0. The van der Waals surface area contributed by atoms with Gasteiger partial charge < -0.3 is 20.7 Å². The van der Waals surface area contributed by atoms with Crippen molar-refractivity contribution in [3.8, 4) is 5.75 Å². The van der Waals surface area contributed by atoms with Crippen LogP contribution in [0.1, 0.15) is 18.5 Å². The SMILES string of the molecule is COc1ccccc1C(CNC(=O)[C@@H](C)N)N(C)C. The first-order valence-electron chi connectivity index (χ1n) is 6.30. The van der Waals surface area contributed by atoms with Crippen LogP contribution in [0.3, 0.4) is 0 Å². The number of nitrogens with zero attached hydrogens (tertiary/aromatic N) is 1. The monoisotopic (exact) mass is 265 g/mol. The Hall–Kier alpha value is -1.59. The van der Waals surface area contributed by atoms with Crippen LogP contribution >= 0.6 is 0 Å². The number of para-hydroxylation sites is 1. The molecule has 1 aromatic rings. The van der Waals surface area contributed by atoms with E-state index in [4.69, 9.17) is 10.5 Å². The summed E-state index contributed by atoms with van der Waals surface area (Å²) in [4.78, 5) is 13.6. The number of carbonyl (C=O) groups is 1. The molecule has 1 rings (SSSR count). The molecular formula is C14H23N3O2. The van der Waals surface area contributed by atoms with Crippen LogP contribution in [0.2, 0.25) is 0 Å². The summed E-state index contributed by atoms with van der Waals surface area (Å²) in [5.41, 5.74) is 6.58. The van der Waals surface area contributed by atoms with Crippen molar-refractivity contribution < 1.29 is 9.53 Å². The predicted molar refractivity (Wildman–Crippen MR) is 76.1 cm³/mol. The van der Waals surface area contributed by atoms with Gasteiger partial charge in [-0.1, -0.05) is 18.2 Å². The van der Waals surface area contributed by atoms with Crippen LogP contribution in [0.15, 0.2) is 24.3 Å². The highest BCUT2D eigenvalue weighted by atomic mass is 16.5. The van der Waals surface area contributed by atoms with Crippen LogP contribution < -0.4 is 15.8 Å². The molecule has 1 unspecified atom stereocenters. The molecule has 0 radical (unpaired) electrons. The lowest BCUT2D eigenvalue weighted by Crippen LogP contribution is -2.42. The van der Waals surface area contributed by atoms with Crippen molar-refractivity contribution in [1.82, 2.24) is 10.2 Å². The Morgan fingerprint density at radius 2 is 2.05 bits per heavy atom. The predicted octanol–water partition coefficient (Wildman–Crippen LogP) is 0.761. The fourth-order valence-electron chi connectivity index (χ4n) is 1.87. The zero-order valence-electron chi connectivity index (χ0n) is 12.0. The second-order valence-electron chi connectivity index (χ2n) is 4.76. The Morgan fingerprint density at radius 3 is 2.58 bits per heavy atom. The van der Waals surface area contributed by atoms with Gasteiger partial charge in [0.05, 0.1) is 19.2 Å². The van der Waals surface area contributed by atoms with Gasteiger partial charge in [0.25, 0.3) is 0 Å². The number of nitrogens with two attached hydrogens (primary N) is 1. The van der Waals surface area contributed by atoms with Crippen LogP contribution in [0, 0.1) is 0 Å². The van der Waals surface area contributed by atoms with Gasteiger partial charge in [-0.2, -0.15) is 0 Å². The fraction of sp³-hybridized carbons (Fsp3) is 0.500. The van der Waals surface area contributed by atoms with Gasteiger partial charge in [-0.05, 0) is 27.1 Å². The average molecular weight is 265 g/mol. The van der Waals surface area contributed by atoms with Gasteiger partial charge in [0.1, 0.15) is 5.75 Å². The maximum absolute atomic E-state index is 11.6. The van der Waals surface area contributed by atoms with E-state index in [0.717, 1.165) is 11.3 Å². The highest BCUT2D eigenvalue weighted by Crippen LogP contribution is 2.27. The number of ether oxygens (including phenoxy) is 1. The van der Waals surface area contributed by atoms with E-state index in [1.807, 2.05) is 43.3 Å². The second-order valence-corrected chi connectivity index (χ2v) is 4.76. The number of likely N-dealkylation sites (N-methyl/N-ethyl adjacent to an activating group) is 1. The van der Waals surface area contributed by atoms with Gasteiger partial charge in [-0.3, -0.25) is 4.79 Å². The molecule has 0 saturated carbocycles. The third-order valence-electron chi connectivity index (χ3n) is 3.00. The van der Waals surface area contributed by atoms with Crippen LogP contribution in [0.25, 0.3) is 0 Å². The van der Waals surface area contributed by atoms with Gasteiger partial charge in [-0.15, -0.1) is 0 Å². The Labute approximate surface area is 114 Å². The minimum absolute atomic E-state index is 0.0406. The molecule has 1 aromatic carbocycles. The molecule has 0 aliphatic heterocycles. The lowest BCUT2D eigenvalue weighted by molar-refractivity contribution is -0.122. The Kier molecular flexibility index (Phi) is 5.79. The quantitative estimate of drug-likeness (QED) is 0.797. The smallest absolute Gasteiger partial charge is 0.236 e. The molecule has 106 valence electrons. The van der Waals surface area contributed by atoms with Gasteiger partial charge in [0.2, 0.25) is 5.91 Å². The molecule has 0 fully saturated rings. The normalized spacial score (nSPS) is 14.0. The summed E-state index contributed by atoms with van der Waals surface area (Å²) >= 11 is 0. The number of amides is 1. The van der Waals surface area contributed by atoms with E-state index < -0.39 is 6.04 Å². The standard InChI is InChI=1S/C14H23N3O2/c1-10(15)14(18)16-9-12(17(2)3)11-7-5-6-8-13(11)19-4/h5-8,10,12H,9,15H2,1-4H3,(H,16,18)/t10-,12?/m1/s1. The van der Waals surface area contributed by atoms with E-state index in [9.17, 15) is 4.79 Å². The summed E-state index contributed by atoms with van der Waals surface area (Å²) in [5.74, 6) is 0.665. The first-order chi connectivity index (χ1) is 8.97. The minimum Gasteiger partial charge on any atom is -0.496 e. The molecule has 19 heavy (non-hydrogen) atoms. The van der Waals surface area contributed by atoms with Crippen LogP contribution in [0.5, 0.6) is 5.75 Å². The third-order valence-corrected chi connectivity index (χ3v) is 3.00. The van der Waals surface area contributed by atoms with Gasteiger partial charge in [0, 0.05) is 12.1 Å². The molecule has 0 heterocycles. The molecule has 2 atom stereocenters. The van der Waals surface area contributed by atoms with Crippen molar-refractivity contribution in [3.05, 3.63) is 29.8 Å². The zero-order valence-corrected chi connectivity index (χ0v) is 12.0. The molecule has 0 saturated heterocycles. The van der Waals surface area contributed by atoms with Gasteiger partial charge >= 0.3 is 0 Å². The molecule has 1 amide bonds. The highest BCUT2D eigenvalue weighted by Gasteiger charge is 2.19. The molecule has 3 N–H and O–H groups in total. The number of methoxy groups -OCH3 is 1. The van der Waals surface area contributed by atoms with E-state index in [1.165, 1.54) is 0 Å². The van der Waals surface area contributed by atoms with E-state index in [-0.39, 0.29) is 11.9 Å². The zero-order chi connectivity index (χ0) is 14.4. The number of rotatable bonds is 6. The molecule has 0 aliphatic rings. The molecular weight excluding hydrogens is 242 g/mol. The number of hydrogen-bond acceptors (Lipinski definition) is 4. The molecule has 0 bridgehead atoms. The third kappa shape index (κ3) is 4.22. The van der Waals surface area contributed by atoms with Crippen LogP contribution in [-0.2, 0) is 4.79 Å². The molecule has 0 aliphatic carbocycles. The largest absolute Gasteiger partial charge is 0.496 e. The van der Waals surface area contributed by atoms with Crippen molar-refractivity contribution in [1.29, 1.82) is 0 Å². The van der Waals surface area contributed by atoms with Gasteiger partial charge in [-0.25, -0.2) is 0 Å². The maximum Gasteiger partial charge on any atom is 0.236 e. The Morgan fingerprint density at radius 1 is 1.42 bits per heavy atom. The summed E-state index contributed by atoms with van der Waals surface area (Å²) in [6.45, 7) is 2.16. The molecule has 5 nitrogen and oxygen atoms in total. The Balaban J connectivity index is 2.86. The van der Waals surface area contributed by atoms with Gasteiger partial charge in [0.15, 0.2) is 0 Å².